The molecule has 3 unspecified atom stereocenters. The number of rotatable bonds is 9. The Hall–Kier alpha value is -3.12. The molecule has 172 valence electrons. The van der Waals surface area contributed by atoms with Crippen LogP contribution in [0.15, 0.2) is 60.9 Å². The van der Waals surface area contributed by atoms with Crippen LogP contribution in [0.3, 0.4) is 0 Å². The van der Waals surface area contributed by atoms with Crippen molar-refractivity contribution >= 4 is 22.4 Å². The third-order valence-electron chi connectivity index (χ3n) is 7.25. The smallest absolute Gasteiger partial charge is 0.309 e. The quantitative estimate of drug-likeness (QED) is 0.493. The zero-order chi connectivity index (χ0) is 22.8. The topological polar surface area (TPSA) is 74.7 Å². The molecule has 5 rings (SSSR count). The molecule has 1 aliphatic heterocycles. The second-order valence-electron chi connectivity index (χ2n) is 9.68. The third kappa shape index (κ3) is 4.81. The number of aromatic nitrogens is 1. The molecular weight excluding hydrogens is 414 g/mol. The van der Waals surface area contributed by atoms with Crippen molar-refractivity contribution in [3.63, 3.8) is 0 Å². The maximum atomic E-state index is 11.3. The molecule has 6 heteroatoms. The van der Waals surface area contributed by atoms with E-state index in [4.69, 9.17) is 4.74 Å². The number of fused-ring (bicyclic) bond motifs is 1. The van der Waals surface area contributed by atoms with Gasteiger partial charge in [-0.05, 0) is 61.9 Å². The van der Waals surface area contributed by atoms with Gasteiger partial charge in [-0.25, -0.2) is 0 Å². The molecule has 1 saturated carbocycles. The molecule has 33 heavy (non-hydrogen) atoms. The van der Waals surface area contributed by atoms with Crippen molar-refractivity contribution in [1.29, 1.82) is 0 Å². The van der Waals surface area contributed by atoms with Gasteiger partial charge in [0, 0.05) is 54.5 Å². The van der Waals surface area contributed by atoms with Gasteiger partial charge in [0.1, 0.15) is 5.75 Å². The molecule has 0 radical (unpaired) electrons. The van der Waals surface area contributed by atoms with Crippen LogP contribution in [-0.4, -0.2) is 46.7 Å². The highest BCUT2D eigenvalue weighted by Crippen LogP contribution is 2.54. The number of nitrogens with one attached hydrogen (secondary N) is 1. The van der Waals surface area contributed by atoms with Gasteiger partial charge < -0.3 is 15.2 Å². The van der Waals surface area contributed by atoms with Gasteiger partial charge in [0.2, 0.25) is 0 Å². The molecule has 6 nitrogen and oxygen atoms in total. The summed E-state index contributed by atoms with van der Waals surface area (Å²) in [5.41, 5.74) is 1.87. The number of likely N-dealkylation sites (tertiary alicyclic amines) is 1. The minimum Gasteiger partial charge on any atom is -0.494 e. The van der Waals surface area contributed by atoms with Crippen LogP contribution < -0.4 is 10.1 Å². The lowest BCUT2D eigenvalue weighted by Crippen LogP contribution is -2.26. The standard InChI is InChI=1S/C27H31N3O3/c1-27(26(31)32)15-21(27)10-13-33-23-6-2-4-19(14-23)17-30-12-9-22(18-30)29-25-7-3-5-20-16-28-11-8-24(20)25/h2-8,11,14,16,21-22,29H,9-10,12-13,15,17-18H2,1H3,(H,31,32). The molecule has 1 aliphatic carbocycles. The Morgan fingerprint density at radius 1 is 1.27 bits per heavy atom. The largest absolute Gasteiger partial charge is 0.494 e. The zero-order valence-corrected chi connectivity index (χ0v) is 19.0. The van der Waals surface area contributed by atoms with Crippen LogP contribution in [-0.2, 0) is 11.3 Å². The number of carbonyl (C=O) groups is 1. The summed E-state index contributed by atoms with van der Waals surface area (Å²) in [5.74, 6) is 0.402. The van der Waals surface area contributed by atoms with Gasteiger partial charge in [-0.15, -0.1) is 0 Å². The van der Waals surface area contributed by atoms with Crippen molar-refractivity contribution in [3.05, 3.63) is 66.5 Å². The highest BCUT2D eigenvalue weighted by atomic mass is 16.5. The molecule has 3 atom stereocenters. The predicted molar refractivity (Wildman–Crippen MR) is 129 cm³/mol. The fourth-order valence-electron chi connectivity index (χ4n) is 5.01. The third-order valence-corrected chi connectivity index (χ3v) is 7.25. The second kappa shape index (κ2) is 9.02. The number of anilines is 1. The summed E-state index contributed by atoms with van der Waals surface area (Å²) < 4.78 is 5.95. The fourth-order valence-corrected chi connectivity index (χ4v) is 5.01. The van der Waals surface area contributed by atoms with Crippen LogP contribution in [0.4, 0.5) is 5.69 Å². The fraction of sp³-hybridized carbons (Fsp3) is 0.407. The summed E-state index contributed by atoms with van der Waals surface area (Å²) in [6.07, 6.45) is 6.41. The Labute approximate surface area is 194 Å². The summed E-state index contributed by atoms with van der Waals surface area (Å²) in [6.45, 7) is 5.35. The van der Waals surface area contributed by atoms with Crippen molar-refractivity contribution in [2.45, 2.75) is 38.8 Å². The van der Waals surface area contributed by atoms with Gasteiger partial charge in [0.25, 0.3) is 0 Å². The molecule has 2 aliphatic rings. The van der Waals surface area contributed by atoms with Gasteiger partial charge in [-0.3, -0.25) is 14.7 Å². The molecule has 2 fully saturated rings. The Bertz CT molecular complexity index is 1140. The molecule has 2 aromatic carbocycles. The summed E-state index contributed by atoms with van der Waals surface area (Å²) in [5, 5.41) is 15.4. The highest BCUT2D eigenvalue weighted by Gasteiger charge is 2.55. The number of aliphatic carboxylic acids is 1. The van der Waals surface area contributed by atoms with Crippen molar-refractivity contribution in [1.82, 2.24) is 9.88 Å². The Morgan fingerprint density at radius 3 is 3.00 bits per heavy atom. The van der Waals surface area contributed by atoms with Gasteiger partial charge in [0.05, 0.1) is 12.0 Å². The summed E-state index contributed by atoms with van der Waals surface area (Å²) in [6, 6.07) is 17.1. The maximum Gasteiger partial charge on any atom is 0.309 e. The Balaban J connectivity index is 1.12. The number of pyridine rings is 1. The highest BCUT2D eigenvalue weighted by molar-refractivity contribution is 5.93. The minimum absolute atomic E-state index is 0.227. The lowest BCUT2D eigenvalue weighted by Gasteiger charge is -2.19. The monoisotopic (exact) mass is 445 g/mol. The SMILES string of the molecule is CC1(C(=O)O)CC1CCOc1cccc(CN2CCC(Nc3cccc4cnccc34)C2)c1. The van der Waals surface area contributed by atoms with Crippen molar-refractivity contribution < 1.29 is 14.6 Å². The second-order valence-corrected chi connectivity index (χ2v) is 9.68. The first-order valence-corrected chi connectivity index (χ1v) is 11.8. The molecule has 2 N–H and O–H groups in total. The minimum atomic E-state index is -0.689. The Morgan fingerprint density at radius 2 is 2.15 bits per heavy atom. The van der Waals surface area contributed by atoms with E-state index in [2.05, 4.69) is 51.6 Å². The number of benzene rings is 2. The molecule has 3 aromatic rings. The van der Waals surface area contributed by atoms with E-state index in [1.54, 1.807) is 0 Å². The first kappa shape index (κ1) is 21.7. The van der Waals surface area contributed by atoms with Gasteiger partial charge in [-0.1, -0.05) is 24.3 Å². The molecule has 0 amide bonds. The van der Waals surface area contributed by atoms with E-state index in [0.717, 1.165) is 50.0 Å². The van der Waals surface area contributed by atoms with Crippen molar-refractivity contribution in [2.24, 2.45) is 11.3 Å². The zero-order valence-electron chi connectivity index (χ0n) is 19.0. The van der Waals surface area contributed by atoms with Crippen LogP contribution in [0.2, 0.25) is 0 Å². The lowest BCUT2D eigenvalue weighted by atomic mass is 10.1. The summed E-state index contributed by atoms with van der Waals surface area (Å²) in [4.78, 5) is 18.0. The first-order chi connectivity index (χ1) is 16.0. The number of ether oxygens (including phenoxy) is 1. The van der Waals surface area contributed by atoms with Crippen LogP contribution in [0.5, 0.6) is 5.75 Å². The van der Waals surface area contributed by atoms with Gasteiger partial charge in [0.15, 0.2) is 0 Å². The molecule has 0 bridgehead atoms. The van der Waals surface area contributed by atoms with Crippen molar-refractivity contribution in [3.8, 4) is 5.75 Å². The number of nitrogens with zero attached hydrogens (tertiary/aromatic N) is 2. The molecular formula is C27H31N3O3. The van der Waals surface area contributed by atoms with Gasteiger partial charge >= 0.3 is 5.97 Å². The van der Waals surface area contributed by atoms with E-state index < -0.39 is 11.4 Å². The lowest BCUT2D eigenvalue weighted by molar-refractivity contribution is -0.143. The molecule has 0 spiro atoms. The molecule has 1 aromatic heterocycles. The van der Waals surface area contributed by atoms with E-state index in [1.165, 1.54) is 16.6 Å². The van der Waals surface area contributed by atoms with E-state index in [1.807, 2.05) is 31.5 Å². The maximum absolute atomic E-state index is 11.3. The van der Waals surface area contributed by atoms with E-state index in [-0.39, 0.29) is 5.92 Å². The number of carboxylic acids is 1. The van der Waals surface area contributed by atoms with E-state index in [9.17, 15) is 9.90 Å². The molecule has 1 saturated heterocycles. The summed E-state index contributed by atoms with van der Waals surface area (Å²) >= 11 is 0. The molecule has 2 heterocycles. The average Bonchev–Trinajstić information content (AvgIpc) is 3.28. The Kier molecular flexibility index (Phi) is 5.94. The average molecular weight is 446 g/mol. The normalized spacial score (nSPS) is 24.6. The van der Waals surface area contributed by atoms with Crippen molar-refractivity contribution in [2.75, 3.05) is 25.0 Å². The number of hydrogen-bond acceptors (Lipinski definition) is 5. The van der Waals surface area contributed by atoms with Gasteiger partial charge in [-0.2, -0.15) is 0 Å². The predicted octanol–water partition coefficient (Wildman–Crippen LogP) is 4.80. The van der Waals surface area contributed by atoms with Crippen LogP contribution in [0.25, 0.3) is 10.8 Å². The number of hydrogen-bond donors (Lipinski definition) is 2. The van der Waals surface area contributed by atoms with Crippen LogP contribution >= 0.6 is 0 Å². The van der Waals surface area contributed by atoms with Crippen LogP contribution in [0.1, 0.15) is 31.7 Å². The first-order valence-electron chi connectivity index (χ1n) is 11.8. The van der Waals surface area contributed by atoms with Crippen LogP contribution in [0, 0.1) is 11.3 Å². The summed E-state index contributed by atoms with van der Waals surface area (Å²) in [7, 11) is 0. The van der Waals surface area contributed by atoms with E-state index >= 15 is 0 Å². The van der Waals surface area contributed by atoms with E-state index in [0.29, 0.717) is 12.6 Å². The number of carboxylic acid groups (broad SMARTS) is 1.